The number of hydrogen-bond donors (Lipinski definition) is 1. The van der Waals surface area contributed by atoms with E-state index in [1.54, 1.807) is 0 Å². The van der Waals surface area contributed by atoms with Crippen molar-refractivity contribution in [1.29, 1.82) is 0 Å². The molecule has 2 unspecified atom stereocenters. The first-order chi connectivity index (χ1) is 6.83. The van der Waals surface area contributed by atoms with Crippen LogP contribution in [0.1, 0.15) is 6.42 Å². The Bertz CT molecular complexity index is 341. The monoisotopic (exact) mass is 336 g/mol. The van der Waals surface area contributed by atoms with Gasteiger partial charge in [0.05, 0.1) is 0 Å². The van der Waals surface area contributed by atoms with Crippen LogP contribution in [0.5, 0.6) is 0 Å². The molecular weight excluding hydrogens is 322 g/mol. The van der Waals surface area contributed by atoms with Crippen LogP contribution in [0.3, 0.4) is 0 Å². The second-order valence-corrected chi connectivity index (χ2v) is 5.37. The molecule has 2 bridgehead atoms. The molecule has 2 aliphatic heterocycles. The molecule has 15 heavy (non-hydrogen) atoms. The largest absolute Gasteiger partial charge is 0.366 e. The lowest BCUT2D eigenvalue weighted by atomic mass is 10.2. The molecule has 2 atom stereocenters. The Labute approximate surface area is 110 Å². The van der Waals surface area contributed by atoms with Gasteiger partial charge in [0.2, 0.25) is 0 Å². The van der Waals surface area contributed by atoms with Crippen molar-refractivity contribution >= 4 is 40.7 Å². The summed E-state index contributed by atoms with van der Waals surface area (Å²) in [7, 11) is 0. The third kappa shape index (κ3) is 2.10. The average Bonchev–Trinajstić information content (AvgIpc) is 2.80. The molecule has 0 spiro atoms. The van der Waals surface area contributed by atoms with Crippen molar-refractivity contribution in [3.05, 3.63) is 27.8 Å². The number of halogens is 2. The molecule has 1 aromatic rings. The molecule has 0 amide bonds. The Morgan fingerprint density at radius 2 is 2.00 bits per heavy atom. The molecule has 2 nitrogen and oxygen atoms in total. The van der Waals surface area contributed by atoms with Gasteiger partial charge in [-0.2, -0.15) is 0 Å². The van der Waals surface area contributed by atoms with Crippen molar-refractivity contribution in [2.45, 2.75) is 18.5 Å². The first kappa shape index (κ1) is 11.5. The van der Waals surface area contributed by atoms with E-state index in [2.05, 4.69) is 57.1 Å². The number of rotatable bonds is 1. The highest BCUT2D eigenvalue weighted by Crippen LogP contribution is 2.29. The molecule has 2 aliphatic rings. The highest BCUT2D eigenvalue weighted by Gasteiger charge is 2.37. The van der Waals surface area contributed by atoms with Gasteiger partial charge in [0.15, 0.2) is 0 Å². The van der Waals surface area contributed by atoms with Crippen LogP contribution in [-0.4, -0.2) is 25.2 Å². The maximum absolute atomic E-state index is 3.52. The first-order valence-corrected chi connectivity index (χ1v) is 6.16. The highest BCUT2D eigenvalue weighted by molar-refractivity contribution is 14.1. The van der Waals surface area contributed by atoms with Crippen molar-refractivity contribution in [3.8, 4) is 0 Å². The predicted octanol–water partition coefficient (Wildman–Crippen LogP) is 2.26. The van der Waals surface area contributed by atoms with Gasteiger partial charge in [-0.05, 0) is 53.3 Å². The van der Waals surface area contributed by atoms with Gasteiger partial charge < -0.3 is 10.2 Å². The van der Waals surface area contributed by atoms with Gasteiger partial charge in [0, 0.05) is 34.4 Å². The zero-order chi connectivity index (χ0) is 9.54. The molecule has 2 fully saturated rings. The molecule has 0 aliphatic carbocycles. The van der Waals surface area contributed by atoms with Gasteiger partial charge in [-0.3, -0.25) is 0 Å². The summed E-state index contributed by atoms with van der Waals surface area (Å²) in [5.74, 6) is 0. The van der Waals surface area contributed by atoms with E-state index in [0.29, 0.717) is 0 Å². The quantitative estimate of drug-likeness (QED) is 0.792. The minimum atomic E-state index is 0. The fourth-order valence-corrected chi connectivity index (χ4v) is 2.87. The summed E-state index contributed by atoms with van der Waals surface area (Å²) in [4.78, 5) is 2.54. The lowest BCUT2D eigenvalue weighted by molar-refractivity contribution is 0.580. The van der Waals surface area contributed by atoms with Gasteiger partial charge in [0.1, 0.15) is 0 Å². The Morgan fingerprint density at radius 1 is 1.27 bits per heavy atom. The maximum atomic E-state index is 3.52. The van der Waals surface area contributed by atoms with Crippen molar-refractivity contribution in [1.82, 2.24) is 5.32 Å². The molecule has 0 saturated carbocycles. The summed E-state index contributed by atoms with van der Waals surface area (Å²) in [6, 6.07) is 10.3. The average molecular weight is 337 g/mol. The zero-order valence-electron chi connectivity index (χ0n) is 8.32. The Balaban J connectivity index is 0.000000853. The van der Waals surface area contributed by atoms with Crippen molar-refractivity contribution in [3.63, 3.8) is 0 Å². The number of anilines is 1. The zero-order valence-corrected chi connectivity index (χ0v) is 11.3. The van der Waals surface area contributed by atoms with Gasteiger partial charge in [0.25, 0.3) is 0 Å². The fraction of sp³-hybridized carbons (Fsp3) is 0.455. The van der Waals surface area contributed by atoms with Gasteiger partial charge in [-0.25, -0.2) is 0 Å². The van der Waals surface area contributed by atoms with Crippen LogP contribution >= 0.6 is 35.0 Å². The van der Waals surface area contributed by atoms with E-state index in [1.807, 2.05) is 0 Å². The van der Waals surface area contributed by atoms with E-state index in [-0.39, 0.29) is 12.4 Å². The summed E-state index contributed by atoms with van der Waals surface area (Å²) >= 11 is 2.35. The smallest absolute Gasteiger partial charge is 0.0430 e. The number of nitrogens with zero attached hydrogens (tertiary/aromatic N) is 1. The van der Waals surface area contributed by atoms with E-state index >= 15 is 0 Å². The first-order valence-electron chi connectivity index (χ1n) is 5.08. The van der Waals surface area contributed by atoms with Gasteiger partial charge >= 0.3 is 0 Å². The number of nitrogens with one attached hydrogen (secondary N) is 1. The van der Waals surface area contributed by atoms with Crippen LogP contribution < -0.4 is 10.2 Å². The molecule has 3 rings (SSSR count). The molecule has 1 aromatic carbocycles. The topological polar surface area (TPSA) is 15.3 Å². The number of fused-ring (bicyclic) bond motifs is 2. The number of piperazine rings is 1. The van der Waals surface area contributed by atoms with E-state index < -0.39 is 0 Å². The summed E-state index contributed by atoms with van der Waals surface area (Å²) in [6.07, 6.45) is 1.33. The SMILES string of the molecule is Cl.Ic1ccc(N2CC3CC2CN3)cc1. The third-order valence-corrected chi connectivity index (χ3v) is 3.93. The minimum absolute atomic E-state index is 0. The highest BCUT2D eigenvalue weighted by atomic mass is 127. The van der Waals surface area contributed by atoms with E-state index in [1.165, 1.54) is 22.2 Å². The Morgan fingerprint density at radius 3 is 2.53 bits per heavy atom. The Kier molecular flexibility index (Phi) is 3.42. The Hall–Kier alpha value is 0. The molecule has 4 heteroatoms. The number of benzene rings is 1. The normalized spacial score (nSPS) is 27.9. The minimum Gasteiger partial charge on any atom is -0.366 e. The molecule has 1 N–H and O–H groups in total. The van der Waals surface area contributed by atoms with Crippen LogP contribution in [0.25, 0.3) is 0 Å². The van der Waals surface area contributed by atoms with E-state index in [0.717, 1.165) is 18.6 Å². The van der Waals surface area contributed by atoms with E-state index in [4.69, 9.17) is 0 Å². The molecule has 2 heterocycles. The van der Waals surface area contributed by atoms with Crippen LogP contribution in [0, 0.1) is 3.57 Å². The fourth-order valence-electron chi connectivity index (χ4n) is 2.51. The lowest BCUT2D eigenvalue weighted by Crippen LogP contribution is -2.43. The third-order valence-electron chi connectivity index (χ3n) is 3.21. The van der Waals surface area contributed by atoms with Crippen LogP contribution in [-0.2, 0) is 0 Å². The molecule has 0 radical (unpaired) electrons. The second-order valence-electron chi connectivity index (χ2n) is 4.12. The van der Waals surface area contributed by atoms with Crippen LogP contribution in [0.15, 0.2) is 24.3 Å². The standard InChI is InChI=1S/C11H13IN2.ClH/c12-8-1-3-10(4-2-8)14-7-9-5-11(14)6-13-9;/h1-4,9,11,13H,5-7H2;1H. The maximum Gasteiger partial charge on any atom is 0.0430 e. The van der Waals surface area contributed by atoms with Crippen LogP contribution in [0.4, 0.5) is 5.69 Å². The molecule has 2 saturated heterocycles. The summed E-state index contributed by atoms with van der Waals surface area (Å²) in [5, 5.41) is 3.52. The summed E-state index contributed by atoms with van der Waals surface area (Å²) in [6.45, 7) is 2.35. The van der Waals surface area contributed by atoms with E-state index in [9.17, 15) is 0 Å². The summed E-state index contributed by atoms with van der Waals surface area (Å²) < 4.78 is 1.31. The van der Waals surface area contributed by atoms with Crippen molar-refractivity contribution < 1.29 is 0 Å². The molecular formula is C11H14ClIN2. The second kappa shape index (κ2) is 4.47. The molecule has 0 aromatic heterocycles. The van der Waals surface area contributed by atoms with Crippen molar-refractivity contribution in [2.24, 2.45) is 0 Å². The number of hydrogen-bond acceptors (Lipinski definition) is 2. The van der Waals surface area contributed by atoms with Crippen LogP contribution in [0.2, 0.25) is 0 Å². The summed E-state index contributed by atoms with van der Waals surface area (Å²) in [5.41, 5.74) is 1.39. The molecule has 82 valence electrons. The van der Waals surface area contributed by atoms with Crippen molar-refractivity contribution in [2.75, 3.05) is 18.0 Å². The lowest BCUT2D eigenvalue weighted by Gasteiger charge is -2.29. The van der Waals surface area contributed by atoms with Gasteiger partial charge in [-0.1, -0.05) is 0 Å². The predicted molar refractivity (Wildman–Crippen MR) is 73.9 cm³/mol. The van der Waals surface area contributed by atoms with Gasteiger partial charge in [-0.15, -0.1) is 12.4 Å².